The van der Waals surface area contributed by atoms with E-state index in [1.54, 1.807) is 0 Å². The van der Waals surface area contributed by atoms with Crippen molar-refractivity contribution in [2.24, 2.45) is 10.2 Å². The summed E-state index contributed by atoms with van der Waals surface area (Å²) in [6, 6.07) is 0. The van der Waals surface area contributed by atoms with Crippen molar-refractivity contribution in [2.45, 2.75) is 44.2 Å². The Balaban J connectivity index is 2.03. The summed E-state index contributed by atoms with van der Waals surface area (Å²) in [5, 5.41) is 8.22. The zero-order valence-electron chi connectivity index (χ0n) is 7.87. The molecule has 0 N–H and O–H groups in total. The first-order chi connectivity index (χ1) is 6.33. The number of rotatable bonds is 7. The Morgan fingerprint density at radius 3 is 2.38 bits per heavy atom. The van der Waals surface area contributed by atoms with E-state index in [1.807, 2.05) is 0 Å². The van der Waals surface area contributed by atoms with Crippen LogP contribution in [-0.4, -0.2) is 11.4 Å². The molecule has 0 aromatic heterocycles. The van der Waals surface area contributed by atoms with Crippen molar-refractivity contribution in [1.82, 2.24) is 0 Å². The van der Waals surface area contributed by atoms with Gasteiger partial charge in [-0.15, -0.1) is 12.3 Å². The molecule has 0 aliphatic carbocycles. The van der Waals surface area contributed by atoms with E-state index >= 15 is 0 Å². The molecule has 3 heteroatoms. The van der Waals surface area contributed by atoms with Crippen LogP contribution in [0.3, 0.4) is 0 Å². The Kier molecular flexibility index (Phi) is 4.31. The minimum Gasteiger partial charge on any atom is -0.179 e. The molecule has 13 heavy (non-hydrogen) atoms. The van der Waals surface area contributed by atoms with Gasteiger partial charge in [-0.3, -0.25) is 0 Å². The molecule has 1 aliphatic rings. The van der Waals surface area contributed by atoms with Crippen LogP contribution in [0, 0.1) is 12.3 Å². The quantitative estimate of drug-likeness (QED) is 0.368. The first-order valence-corrected chi connectivity index (χ1v) is 5.45. The second kappa shape index (κ2) is 5.29. The third-order valence-electron chi connectivity index (χ3n) is 2.27. The van der Waals surface area contributed by atoms with Crippen LogP contribution in [0.15, 0.2) is 10.2 Å². The first-order valence-electron chi connectivity index (χ1n) is 4.81. The SMILES string of the molecule is C#CCCCCC1(CCCS)N=N1. The number of thiol groups is 1. The van der Waals surface area contributed by atoms with Crippen molar-refractivity contribution >= 4 is 12.6 Å². The lowest BCUT2D eigenvalue weighted by Gasteiger charge is -2.08. The minimum atomic E-state index is -0.0165. The summed E-state index contributed by atoms with van der Waals surface area (Å²) in [5.74, 6) is 3.57. The average molecular weight is 196 g/mol. The lowest BCUT2D eigenvalue weighted by atomic mass is 10.0. The first kappa shape index (κ1) is 10.6. The van der Waals surface area contributed by atoms with Gasteiger partial charge in [-0.25, -0.2) is 0 Å². The zero-order valence-corrected chi connectivity index (χ0v) is 8.76. The van der Waals surface area contributed by atoms with E-state index in [1.165, 1.54) is 0 Å². The van der Waals surface area contributed by atoms with Crippen molar-refractivity contribution in [2.75, 3.05) is 5.75 Å². The smallest absolute Gasteiger partial charge is 0.179 e. The van der Waals surface area contributed by atoms with Crippen LogP contribution in [-0.2, 0) is 0 Å². The predicted octanol–water partition coefficient (Wildman–Crippen LogP) is 3.05. The molecule has 0 atom stereocenters. The van der Waals surface area contributed by atoms with Crippen LogP contribution in [0.4, 0.5) is 0 Å². The molecule has 0 unspecified atom stereocenters. The fourth-order valence-corrected chi connectivity index (χ4v) is 1.55. The van der Waals surface area contributed by atoms with Crippen LogP contribution in [0.2, 0.25) is 0 Å². The van der Waals surface area contributed by atoms with Crippen LogP contribution < -0.4 is 0 Å². The molecule has 1 rings (SSSR count). The zero-order chi connectivity index (χ0) is 9.57. The molecule has 0 fully saturated rings. The predicted molar refractivity (Wildman–Crippen MR) is 58.0 cm³/mol. The number of terminal acetylenes is 1. The van der Waals surface area contributed by atoms with Gasteiger partial charge < -0.3 is 0 Å². The molecular formula is C10H16N2S. The monoisotopic (exact) mass is 196 g/mol. The lowest BCUT2D eigenvalue weighted by molar-refractivity contribution is 0.477. The number of hydrogen-bond donors (Lipinski definition) is 1. The highest BCUT2D eigenvalue weighted by molar-refractivity contribution is 7.80. The molecule has 0 saturated carbocycles. The summed E-state index contributed by atoms with van der Waals surface area (Å²) >= 11 is 4.17. The van der Waals surface area contributed by atoms with E-state index in [2.05, 4.69) is 28.8 Å². The fraction of sp³-hybridized carbons (Fsp3) is 0.800. The summed E-state index contributed by atoms with van der Waals surface area (Å²) in [6.45, 7) is 0. The summed E-state index contributed by atoms with van der Waals surface area (Å²) < 4.78 is 0. The van der Waals surface area contributed by atoms with Crippen LogP contribution in [0.5, 0.6) is 0 Å². The van der Waals surface area contributed by atoms with Crippen molar-refractivity contribution in [3.05, 3.63) is 0 Å². The van der Waals surface area contributed by atoms with Gasteiger partial charge in [0.15, 0.2) is 5.66 Å². The van der Waals surface area contributed by atoms with Gasteiger partial charge in [0.1, 0.15) is 0 Å². The van der Waals surface area contributed by atoms with E-state index < -0.39 is 0 Å². The molecule has 0 saturated heterocycles. The van der Waals surface area contributed by atoms with Gasteiger partial charge in [0.05, 0.1) is 0 Å². The van der Waals surface area contributed by atoms with Crippen molar-refractivity contribution in [1.29, 1.82) is 0 Å². The lowest BCUT2D eigenvalue weighted by Crippen LogP contribution is -2.10. The summed E-state index contributed by atoms with van der Waals surface area (Å²) in [7, 11) is 0. The highest BCUT2D eigenvalue weighted by Crippen LogP contribution is 2.38. The Morgan fingerprint density at radius 2 is 1.85 bits per heavy atom. The molecule has 0 amide bonds. The molecule has 0 aromatic rings. The summed E-state index contributed by atoms with van der Waals surface area (Å²) in [5.41, 5.74) is -0.0165. The fourth-order valence-electron chi connectivity index (χ4n) is 1.39. The van der Waals surface area contributed by atoms with E-state index in [0.29, 0.717) is 0 Å². The van der Waals surface area contributed by atoms with E-state index in [9.17, 15) is 0 Å². The molecular weight excluding hydrogens is 180 g/mol. The molecule has 0 radical (unpaired) electrons. The van der Waals surface area contributed by atoms with Gasteiger partial charge in [-0.2, -0.15) is 22.9 Å². The van der Waals surface area contributed by atoms with Crippen molar-refractivity contribution in [3.8, 4) is 12.3 Å². The second-order valence-corrected chi connectivity index (χ2v) is 3.87. The summed E-state index contributed by atoms with van der Waals surface area (Å²) in [6.07, 6.45) is 11.5. The number of hydrogen-bond acceptors (Lipinski definition) is 3. The third-order valence-corrected chi connectivity index (χ3v) is 2.58. The number of unbranched alkanes of at least 4 members (excludes halogenated alkanes) is 2. The Bertz CT molecular complexity index is 211. The summed E-state index contributed by atoms with van der Waals surface area (Å²) in [4.78, 5) is 0. The average Bonchev–Trinajstić information content (AvgIpc) is 2.91. The molecule has 1 aliphatic heterocycles. The highest BCUT2D eigenvalue weighted by Gasteiger charge is 2.37. The molecule has 0 bridgehead atoms. The normalized spacial score (nSPS) is 16.9. The molecule has 72 valence electrons. The van der Waals surface area contributed by atoms with Crippen LogP contribution in [0.25, 0.3) is 0 Å². The van der Waals surface area contributed by atoms with Gasteiger partial charge in [0.2, 0.25) is 0 Å². The van der Waals surface area contributed by atoms with Crippen molar-refractivity contribution in [3.63, 3.8) is 0 Å². The Morgan fingerprint density at radius 1 is 1.15 bits per heavy atom. The van der Waals surface area contributed by atoms with Gasteiger partial charge in [-0.1, -0.05) is 0 Å². The highest BCUT2D eigenvalue weighted by atomic mass is 32.1. The maximum atomic E-state index is 5.17. The number of nitrogens with zero attached hydrogens (tertiary/aromatic N) is 2. The van der Waals surface area contributed by atoms with Crippen LogP contribution in [0.1, 0.15) is 38.5 Å². The molecule has 0 spiro atoms. The van der Waals surface area contributed by atoms with Gasteiger partial charge in [0.25, 0.3) is 0 Å². The largest absolute Gasteiger partial charge is 0.191 e. The molecule has 2 nitrogen and oxygen atoms in total. The minimum absolute atomic E-state index is 0.0165. The molecule has 1 heterocycles. The van der Waals surface area contributed by atoms with E-state index in [-0.39, 0.29) is 5.66 Å². The third kappa shape index (κ3) is 3.82. The maximum absolute atomic E-state index is 5.17. The van der Waals surface area contributed by atoms with Gasteiger partial charge in [-0.05, 0) is 37.9 Å². The van der Waals surface area contributed by atoms with E-state index in [0.717, 1.165) is 44.3 Å². The maximum Gasteiger partial charge on any atom is 0.191 e. The van der Waals surface area contributed by atoms with E-state index in [4.69, 9.17) is 6.42 Å². The standard InChI is InChI=1S/C10H16N2S/c1-2-3-4-5-7-10(11-12-10)8-6-9-13/h1,13H,3-9H2. The Hall–Kier alpha value is -0.490. The topological polar surface area (TPSA) is 24.7 Å². The van der Waals surface area contributed by atoms with Gasteiger partial charge in [0, 0.05) is 6.42 Å². The van der Waals surface area contributed by atoms with Crippen molar-refractivity contribution < 1.29 is 0 Å². The van der Waals surface area contributed by atoms with Gasteiger partial charge >= 0.3 is 0 Å². The second-order valence-electron chi connectivity index (χ2n) is 3.42. The molecule has 0 aromatic carbocycles. The van der Waals surface area contributed by atoms with Crippen LogP contribution >= 0.6 is 12.6 Å². The Labute approximate surface area is 85.6 Å².